The van der Waals surface area contributed by atoms with Crippen LogP contribution in [0.1, 0.15) is 0 Å². The van der Waals surface area contributed by atoms with E-state index in [2.05, 4.69) is 20.0 Å². The highest BCUT2D eigenvalue weighted by Crippen LogP contribution is 2.33. The Kier molecular flexibility index (Phi) is 5.27. The van der Waals surface area contributed by atoms with E-state index >= 15 is 0 Å². The largest absolute Gasteiger partial charge is 0.346 e. The number of amides is 1. The van der Waals surface area contributed by atoms with Gasteiger partial charge in [0.1, 0.15) is 5.82 Å². The van der Waals surface area contributed by atoms with E-state index in [1.54, 1.807) is 23.6 Å². The number of thiazole rings is 2. The second-order valence-electron chi connectivity index (χ2n) is 7.17. The summed E-state index contributed by atoms with van der Waals surface area (Å²) in [6, 6.07) is 10.4. The van der Waals surface area contributed by atoms with Gasteiger partial charge in [-0.1, -0.05) is 11.3 Å². The van der Waals surface area contributed by atoms with E-state index < -0.39 is 10.0 Å². The van der Waals surface area contributed by atoms with Crippen LogP contribution in [0.15, 0.2) is 58.9 Å². The summed E-state index contributed by atoms with van der Waals surface area (Å²) in [5.41, 5.74) is 1.25. The maximum absolute atomic E-state index is 13.4. The molecule has 1 aliphatic rings. The van der Waals surface area contributed by atoms with Crippen LogP contribution in [-0.2, 0) is 14.8 Å². The molecule has 12 heteroatoms. The van der Waals surface area contributed by atoms with Crippen molar-refractivity contribution in [2.24, 2.45) is 5.92 Å². The van der Waals surface area contributed by atoms with Gasteiger partial charge < -0.3 is 10.2 Å². The Hall–Kier alpha value is -3.09. The first-order valence-electron chi connectivity index (χ1n) is 9.52. The first-order chi connectivity index (χ1) is 15.4. The van der Waals surface area contributed by atoms with Crippen molar-refractivity contribution < 1.29 is 17.6 Å². The molecule has 4 aromatic rings. The second kappa shape index (κ2) is 8.11. The van der Waals surface area contributed by atoms with E-state index in [0.717, 1.165) is 15.3 Å². The molecule has 0 aliphatic carbocycles. The third-order valence-electron chi connectivity index (χ3n) is 4.95. The minimum Gasteiger partial charge on any atom is -0.346 e. The highest BCUT2D eigenvalue weighted by Gasteiger charge is 2.34. The summed E-state index contributed by atoms with van der Waals surface area (Å²) in [5, 5.41) is 5.54. The molecule has 32 heavy (non-hydrogen) atoms. The number of benzene rings is 2. The lowest BCUT2D eigenvalue weighted by molar-refractivity contribution is -0.120. The summed E-state index contributed by atoms with van der Waals surface area (Å²) in [7, 11) is -3.74. The lowest BCUT2D eigenvalue weighted by Gasteiger charge is -2.37. The lowest BCUT2D eigenvalue weighted by atomic mass is 10.00. The number of hydrogen-bond donors (Lipinski definition) is 2. The monoisotopic (exact) mass is 489 g/mol. The van der Waals surface area contributed by atoms with Crippen molar-refractivity contribution in [3.63, 3.8) is 0 Å². The molecule has 1 saturated heterocycles. The van der Waals surface area contributed by atoms with Crippen LogP contribution in [-0.4, -0.2) is 37.4 Å². The SMILES string of the molecule is O=C(Nc1ccc(S(=O)(=O)Nc2nccs2)cc1)C1CN(c2nc3ccc(F)cc3s2)C1. The molecule has 2 aromatic heterocycles. The third kappa shape index (κ3) is 4.16. The van der Waals surface area contributed by atoms with Crippen LogP contribution in [0.3, 0.4) is 0 Å². The van der Waals surface area contributed by atoms with Crippen LogP contribution in [0.2, 0.25) is 0 Å². The third-order valence-corrected chi connectivity index (χ3v) is 8.20. The number of carbonyl (C=O) groups is 1. The van der Waals surface area contributed by atoms with Gasteiger partial charge in [-0.3, -0.25) is 9.52 Å². The van der Waals surface area contributed by atoms with Crippen molar-refractivity contribution >= 4 is 64.8 Å². The summed E-state index contributed by atoms with van der Waals surface area (Å²) < 4.78 is 41.3. The average Bonchev–Trinajstić information content (AvgIpc) is 3.36. The molecule has 0 bridgehead atoms. The van der Waals surface area contributed by atoms with Gasteiger partial charge in [-0.05, 0) is 42.5 Å². The maximum Gasteiger partial charge on any atom is 0.263 e. The molecular formula is C20H16FN5O3S3. The zero-order valence-electron chi connectivity index (χ0n) is 16.4. The fourth-order valence-corrected chi connectivity index (χ4v) is 6.03. The molecule has 0 spiro atoms. The van der Waals surface area contributed by atoms with Crippen molar-refractivity contribution in [1.29, 1.82) is 0 Å². The van der Waals surface area contributed by atoms with Gasteiger partial charge in [0.05, 0.1) is 21.0 Å². The Morgan fingerprint density at radius 1 is 1.16 bits per heavy atom. The highest BCUT2D eigenvalue weighted by molar-refractivity contribution is 7.93. The number of sulfonamides is 1. The predicted octanol–water partition coefficient (Wildman–Crippen LogP) is 3.77. The molecule has 3 heterocycles. The zero-order valence-corrected chi connectivity index (χ0v) is 18.8. The number of fused-ring (bicyclic) bond motifs is 1. The van der Waals surface area contributed by atoms with Gasteiger partial charge in [0.2, 0.25) is 5.91 Å². The van der Waals surface area contributed by atoms with Crippen LogP contribution in [0.25, 0.3) is 10.2 Å². The van der Waals surface area contributed by atoms with Gasteiger partial charge in [-0.25, -0.2) is 22.8 Å². The molecule has 5 rings (SSSR count). The number of aromatic nitrogens is 2. The van der Waals surface area contributed by atoms with Crippen molar-refractivity contribution in [2.75, 3.05) is 28.0 Å². The molecule has 0 unspecified atom stereocenters. The van der Waals surface area contributed by atoms with Gasteiger partial charge in [0.15, 0.2) is 10.3 Å². The minimum atomic E-state index is -3.74. The van der Waals surface area contributed by atoms with Crippen LogP contribution in [0.5, 0.6) is 0 Å². The summed E-state index contributed by atoms with van der Waals surface area (Å²) in [6.07, 6.45) is 1.51. The van der Waals surface area contributed by atoms with Gasteiger partial charge in [0, 0.05) is 30.4 Å². The Balaban J connectivity index is 1.18. The normalized spacial score (nSPS) is 14.3. The average molecular weight is 490 g/mol. The number of hydrogen-bond acceptors (Lipinski definition) is 8. The second-order valence-corrected chi connectivity index (χ2v) is 10.8. The smallest absolute Gasteiger partial charge is 0.263 e. The number of rotatable bonds is 6. The van der Waals surface area contributed by atoms with Crippen molar-refractivity contribution in [1.82, 2.24) is 9.97 Å². The van der Waals surface area contributed by atoms with Crippen LogP contribution in [0.4, 0.5) is 20.3 Å². The van der Waals surface area contributed by atoms with E-state index in [4.69, 9.17) is 0 Å². The molecule has 1 fully saturated rings. The van der Waals surface area contributed by atoms with E-state index in [-0.39, 0.29) is 27.7 Å². The number of halogens is 1. The van der Waals surface area contributed by atoms with Crippen molar-refractivity contribution in [3.05, 3.63) is 59.9 Å². The van der Waals surface area contributed by atoms with E-state index in [9.17, 15) is 17.6 Å². The Bertz CT molecular complexity index is 1380. The predicted molar refractivity (Wildman–Crippen MR) is 123 cm³/mol. The molecule has 0 radical (unpaired) electrons. The summed E-state index contributed by atoms with van der Waals surface area (Å²) in [6.45, 7) is 1.02. The lowest BCUT2D eigenvalue weighted by Crippen LogP contribution is -2.52. The summed E-state index contributed by atoms with van der Waals surface area (Å²) >= 11 is 2.58. The van der Waals surface area contributed by atoms with Gasteiger partial charge in [-0.2, -0.15) is 0 Å². The van der Waals surface area contributed by atoms with Crippen LogP contribution >= 0.6 is 22.7 Å². The van der Waals surface area contributed by atoms with Crippen LogP contribution < -0.4 is 14.9 Å². The minimum absolute atomic E-state index is 0.0767. The van der Waals surface area contributed by atoms with E-state index in [1.165, 1.54) is 53.1 Å². The zero-order chi connectivity index (χ0) is 22.3. The van der Waals surface area contributed by atoms with Gasteiger partial charge in [-0.15, -0.1) is 11.3 Å². The molecule has 0 atom stereocenters. The number of carbonyl (C=O) groups excluding carboxylic acids is 1. The topological polar surface area (TPSA) is 104 Å². The van der Waals surface area contributed by atoms with Gasteiger partial charge in [0.25, 0.3) is 10.0 Å². The Labute approximate surface area is 190 Å². The standard InChI is InChI=1S/C20H16FN5O3S3/c21-13-1-6-16-17(9-13)31-20(24-16)26-10-12(11-26)18(27)23-14-2-4-15(5-3-14)32(28,29)25-19-22-7-8-30-19/h1-9,12H,10-11H2,(H,22,25)(H,23,27). The molecular weight excluding hydrogens is 473 g/mol. The fourth-order valence-electron chi connectivity index (χ4n) is 3.23. The molecule has 2 N–H and O–H groups in total. The van der Waals surface area contributed by atoms with E-state index in [1.807, 2.05) is 4.90 Å². The first-order valence-corrected chi connectivity index (χ1v) is 12.7. The van der Waals surface area contributed by atoms with Crippen molar-refractivity contribution in [2.45, 2.75) is 4.90 Å². The maximum atomic E-state index is 13.4. The van der Waals surface area contributed by atoms with Crippen molar-refractivity contribution in [3.8, 4) is 0 Å². The number of anilines is 3. The molecule has 1 aliphatic heterocycles. The number of nitrogens with one attached hydrogen (secondary N) is 2. The van der Waals surface area contributed by atoms with Gasteiger partial charge >= 0.3 is 0 Å². The van der Waals surface area contributed by atoms with Crippen LogP contribution in [0, 0.1) is 11.7 Å². The molecule has 8 nitrogen and oxygen atoms in total. The Morgan fingerprint density at radius 2 is 1.94 bits per heavy atom. The quantitative estimate of drug-likeness (QED) is 0.427. The summed E-state index contributed by atoms with van der Waals surface area (Å²) in [5.74, 6) is -0.662. The first kappa shape index (κ1) is 20.8. The molecule has 2 aromatic carbocycles. The molecule has 1 amide bonds. The number of nitrogens with zero attached hydrogens (tertiary/aromatic N) is 3. The summed E-state index contributed by atoms with van der Waals surface area (Å²) in [4.78, 5) is 23.0. The highest BCUT2D eigenvalue weighted by atomic mass is 32.2. The Morgan fingerprint density at radius 3 is 2.66 bits per heavy atom. The van der Waals surface area contributed by atoms with E-state index in [0.29, 0.717) is 18.8 Å². The molecule has 164 valence electrons. The molecule has 0 saturated carbocycles. The fraction of sp³-hybridized carbons (Fsp3) is 0.150.